The molecule has 0 bridgehead atoms. The molecule has 2 fully saturated rings. The zero-order valence-corrected chi connectivity index (χ0v) is 22.8. The maximum atomic E-state index is 13.2. The Labute approximate surface area is 233 Å². The van der Waals surface area contributed by atoms with Gasteiger partial charge in [-0.25, -0.2) is 4.98 Å². The maximum Gasteiger partial charge on any atom is 0.403 e. The minimum Gasteiger partial charge on any atom is -0.367 e. The average Bonchev–Trinajstić information content (AvgIpc) is 3.66. The largest absolute Gasteiger partial charge is 0.403 e. The first-order valence-corrected chi connectivity index (χ1v) is 13.2. The lowest BCUT2D eigenvalue weighted by Gasteiger charge is -2.36. The van der Waals surface area contributed by atoms with E-state index in [0.717, 1.165) is 11.2 Å². The highest BCUT2D eigenvalue weighted by Crippen LogP contribution is 2.57. The average molecular weight is 583 g/mol. The molecule has 0 radical (unpaired) electrons. The molecule has 208 valence electrons. The summed E-state index contributed by atoms with van der Waals surface area (Å²) in [5, 5.41) is 6.53. The predicted octanol–water partition coefficient (Wildman–Crippen LogP) is 5.25. The van der Waals surface area contributed by atoms with Gasteiger partial charge in [0, 0.05) is 46.7 Å². The van der Waals surface area contributed by atoms with Gasteiger partial charge in [0.15, 0.2) is 0 Å². The number of aromatic nitrogens is 2. The molecule has 1 aromatic heterocycles. The first-order valence-electron chi connectivity index (χ1n) is 12.5. The van der Waals surface area contributed by atoms with Gasteiger partial charge in [0.25, 0.3) is 0 Å². The second-order valence-electron chi connectivity index (χ2n) is 9.98. The third-order valence-corrected chi connectivity index (χ3v) is 8.11. The number of carbonyl (C=O) groups is 2. The Morgan fingerprint density at radius 2 is 1.74 bits per heavy atom. The number of imidazole rings is 1. The van der Waals surface area contributed by atoms with E-state index >= 15 is 0 Å². The molecule has 8 nitrogen and oxygen atoms in total. The van der Waals surface area contributed by atoms with E-state index in [1.165, 1.54) is 0 Å². The van der Waals surface area contributed by atoms with Crippen molar-refractivity contribution in [2.24, 2.45) is 12.5 Å². The molecule has 39 heavy (non-hydrogen) atoms. The van der Waals surface area contributed by atoms with Crippen LogP contribution in [-0.2, 0) is 23.2 Å². The monoisotopic (exact) mass is 582 g/mol. The molecule has 2 heterocycles. The van der Waals surface area contributed by atoms with Gasteiger partial charge in [-0.05, 0) is 42.7 Å². The molecule has 1 aliphatic carbocycles. The van der Waals surface area contributed by atoms with Gasteiger partial charge in [-0.3, -0.25) is 9.59 Å². The minimum absolute atomic E-state index is 0.0526. The van der Waals surface area contributed by atoms with E-state index in [2.05, 4.69) is 20.5 Å². The topological polar surface area (TPSA) is 82.5 Å². The number of fused-ring (bicyclic) bond motifs is 1. The van der Waals surface area contributed by atoms with Crippen molar-refractivity contribution in [3.8, 4) is 0 Å². The van der Waals surface area contributed by atoms with Gasteiger partial charge < -0.3 is 25.0 Å². The van der Waals surface area contributed by atoms with Crippen molar-refractivity contribution >= 4 is 63.4 Å². The molecule has 2 aromatic carbocycles. The van der Waals surface area contributed by atoms with Crippen LogP contribution in [0.2, 0.25) is 10.0 Å². The van der Waals surface area contributed by atoms with Gasteiger partial charge in [0.2, 0.25) is 17.8 Å². The van der Waals surface area contributed by atoms with Crippen molar-refractivity contribution in [3.05, 3.63) is 45.9 Å². The highest BCUT2D eigenvalue weighted by molar-refractivity contribution is 6.34. The van der Waals surface area contributed by atoms with Crippen molar-refractivity contribution in [1.29, 1.82) is 0 Å². The Balaban J connectivity index is 1.33. The fourth-order valence-corrected chi connectivity index (χ4v) is 5.27. The second-order valence-corrected chi connectivity index (χ2v) is 10.8. The summed E-state index contributed by atoms with van der Waals surface area (Å²) < 4.78 is 41.6. The predicted molar refractivity (Wildman–Crippen MR) is 144 cm³/mol. The molecule has 0 unspecified atom stereocenters. The Morgan fingerprint density at radius 3 is 2.36 bits per heavy atom. The number of aryl methyl sites for hydroxylation is 1. The van der Waals surface area contributed by atoms with Crippen LogP contribution in [0.1, 0.15) is 25.3 Å². The summed E-state index contributed by atoms with van der Waals surface area (Å²) in [7, 11) is 1.84. The van der Waals surface area contributed by atoms with E-state index in [1.807, 2.05) is 17.7 Å². The Bertz CT molecular complexity index is 1450. The lowest BCUT2D eigenvalue weighted by molar-refractivity contribution is -0.192. The fourth-order valence-electron chi connectivity index (χ4n) is 4.83. The minimum atomic E-state index is -4.56. The smallest absolute Gasteiger partial charge is 0.367 e. The van der Waals surface area contributed by atoms with E-state index in [0.29, 0.717) is 58.9 Å². The first kappa shape index (κ1) is 27.4. The van der Waals surface area contributed by atoms with Crippen LogP contribution in [0.5, 0.6) is 0 Å². The van der Waals surface area contributed by atoms with Crippen LogP contribution in [0.25, 0.3) is 11.0 Å². The fraction of sp³-hybridized carbons (Fsp3) is 0.423. The number of piperazine rings is 1. The molecular formula is C26H27Cl2F3N6O2. The Kier molecular flexibility index (Phi) is 7.09. The number of benzene rings is 2. The van der Waals surface area contributed by atoms with Crippen molar-refractivity contribution in [2.45, 2.75) is 32.5 Å². The zero-order valence-electron chi connectivity index (χ0n) is 21.3. The number of amides is 2. The zero-order chi connectivity index (χ0) is 28.1. The number of alkyl halides is 3. The van der Waals surface area contributed by atoms with Crippen molar-refractivity contribution < 1.29 is 22.8 Å². The molecule has 5 rings (SSSR count). The molecule has 13 heteroatoms. The number of anilines is 3. The third-order valence-electron chi connectivity index (χ3n) is 7.47. The summed E-state index contributed by atoms with van der Waals surface area (Å²) in [4.78, 5) is 32.5. The van der Waals surface area contributed by atoms with E-state index < -0.39 is 17.5 Å². The summed E-state index contributed by atoms with van der Waals surface area (Å²) in [6.07, 6.45) is -4.94. The quantitative estimate of drug-likeness (QED) is 0.415. The van der Waals surface area contributed by atoms with Gasteiger partial charge in [0.1, 0.15) is 5.41 Å². The third kappa shape index (κ3) is 5.21. The normalized spacial score (nSPS) is 16.9. The number of hydrogen-bond acceptors (Lipinski definition) is 5. The van der Waals surface area contributed by atoms with Gasteiger partial charge in [-0.1, -0.05) is 29.3 Å². The van der Waals surface area contributed by atoms with Crippen LogP contribution in [0.3, 0.4) is 0 Å². The summed E-state index contributed by atoms with van der Waals surface area (Å²) in [6, 6.07) is 8.67. The molecule has 0 spiro atoms. The lowest BCUT2D eigenvalue weighted by atomic mass is 10.1. The van der Waals surface area contributed by atoms with Crippen molar-refractivity contribution in [3.63, 3.8) is 0 Å². The Hall–Kier alpha value is -3.18. The summed E-state index contributed by atoms with van der Waals surface area (Å²) in [5.41, 5.74) is 1.15. The van der Waals surface area contributed by atoms with Crippen molar-refractivity contribution in [1.82, 2.24) is 19.8 Å². The lowest BCUT2D eigenvalue weighted by Crippen LogP contribution is -2.48. The van der Waals surface area contributed by atoms with E-state index in [-0.39, 0.29) is 25.3 Å². The summed E-state index contributed by atoms with van der Waals surface area (Å²) in [5.74, 6) is -0.473. The molecule has 1 aliphatic heterocycles. The summed E-state index contributed by atoms with van der Waals surface area (Å²) in [6.45, 7) is 4.06. The molecule has 1 saturated heterocycles. The van der Waals surface area contributed by atoms with Gasteiger partial charge in [0.05, 0.1) is 32.5 Å². The number of halogens is 5. The highest BCUT2D eigenvalue weighted by Gasteiger charge is 2.68. The van der Waals surface area contributed by atoms with E-state index in [9.17, 15) is 22.8 Å². The summed E-state index contributed by atoms with van der Waals surface area (Å²) >= 11 is 13.0. The van der Waals surface area contributed by atoms with Crippen LogP contribution in [0, 0.1) is 5.41 Å². The van der Waals surface area contributed by atoms with Crippen LogP contribution in [0.4, 0.5) is 30.5 Å². The maximum absolute atomic E-state index is 13.2. The standard InChI is InChI=1S/C26H27Cl2F3N6O2/c1-15(38)36-7-9-37(10-8-36)21-13-22-20(12-18(21)28)34-24(35(22)2)33-19-11-16(3-4-17(19)27)14-32-23(39)25(5-6-25)26(29,30)31/h3-4,11-13H,5-10,14H2,1-2H3,(H,32,39)(H,33,34). The van der Waals surface area contributed by atoms with Crippen LogP contribution in [0.15, 0.2) is 30.3 Å². The Morgan fingerprint density at radius 1 is 1.05 bits per heavy atom. The van der Waals surface area contributed by atoms with Crippen LogP contribution < -0.4 is 15.5 Å². The SMILES string of the molecule is CC(=O)N1CCN(c2cc3c(cc2Cl)nc(Nc2cc(CNC(=O)C4(C(F)(F)F)CC4)ccc2Cl)n3C)CC1. The second kappa shape index (κ2) is 10.1. The van der Waals surface area contributed by atoms with Crippen LogP contribution in [-0.4, -0.2) is 58.6 Å². The number of hydrogen-bond donors (Lipinski definition) is 2. The molecule has 2 aliphatic rings. The first-order chi connectivity index (χ1) is 18.4. The van der Waals surface area contributed by atoms with Gasteiger partial charge in [-0.2, -0.15) is 13.2 Å². The van der Waals surface area contributed by atoms with Gasteiger partial charge >= 0.3 is 6.18 Å². The van der Waals surface area contributed by atoms with E-state index in [1.54, 1.807) is 36.1 Å². The number of nitrogens with one attached hydrogen (secondary N) is 2. The molecule has 1 saturated carbocycles. The van der Waals surface area contributed by atoms with Crippen molar-refractivity contribution in [2.75, 3.05) is 36.4 Å². The van der Waals surface area contributed by atoms with Crippen LogP contribution >= 0.6 is 23.2 Å². The molecular weight excluding hydrogens is 556 g/mol. The van der Waals surface area contributed by atoms with E-state index in [4.69, 9.17) is 23.2 Å². The van der Waals surface area contributed by atoms with Gasteiger partial charge in [-0.15, -0.1) is 0 Å². The number of nitrogens with zero attached hydrogens (tertiary/aromatic N) is 4. The number of carbonyl (C=O) groups excluding carboxylic acids is 2. The molecule has 3 aromatic rings. The molecule has 0 atom stereocenters. The molecule has 2 N–H and O–H groups in total. The highest BCUT2D eigenvalue weighted by atomic mass is 35.5. The molecule has 2 amide bonds. The number of rotatable bonds is 6.